The van der Waals surface area contributed by atoms with E-state index in [4.69, 9.17) is 30.2 Å². The molecule has 6 heteroatoms. The third kappa shape index (κ3) is 4.36. The monoisotopic (exact) mass is 408 g/mol. The maximum atomic E-state index is 12.7. The fraction of sp³-hybridized carbons (Fsp3) is 0.0870. The Morgan fingerprint density at radius 1 is 0.897 bits per heavy atom. The molecule has 4 aromatic rings. The van der Waals surface area contributed by atoms with E-state index in [-0.39, 0.29) is 11.2 Å². The van der Waals surface area contributed by atoms with Gasteiger partial charge in [0.25, 0.3) is 0 Å². The minimum atomic E-state index is -0.258. The molecular weight excluding hydrogens is 392 g/mol. The lowest BCUT2D eigenvalue weighted by Gasteiger charge is -2.09. The van der Waals surface area contributed by atoms with Crippen LogP contribution in [0.4, 0.5) is 0 Å². The third-order valence-electron chi connectivity index (χ3n) is 4.32. The first-order chi connectivity index (χ1) is 14.1. The lowest BCUT2D eigenvalue weighted by atomic mass is 10.2. The zero-order valence-electron chi connectivity index (χ0n) is 15.6. The van der Waals surface area contributed by atoms with Crippen LogP contribution < -0.4 is 19.6 Å². The molecule has 5 nitrogen and oxygen atoms in total. The summed E-state index contributed by atoms with van der Waals surface area (Å²) in [5.74, 6) is 1.92. The summed E-state index contributed by atoms with van der Waals surface area (Å²) in [6.07, 6.45) is 1.30. The molecule has 0 unspecified atom stereocenters. The molecule has 0 saturated heterocycles. The van der Waals surface area contributed by atoms with E-state index in [1.807, 2.05) is 24.3 Å². The third-order valence-corrected chi connectivity index (χ3v) is 4.57. The van der Waals surface area contributed by atoms with Gasteiger partial charge in [0.2, 0.25) is 11.2 Å². The minimum Gasteiger partial charge on any atom is -0.497 e. The van der Waals surface area contributed by atoms with Gasteiger partial charge in [-0.1, -0.05) is 23.7 Å². The normalized spacial score (nSPS) is 10.7. The Hall–Kier alpha value is -3.44. The standard InChI is InChI=1S/C23H17ClO5/c1-26-17-6-8-18(9-7-17)29-22-14-28-21-12-19(10-11-20(21)23(22)25)27-13-15-2-4-16(24)5-3-15/h2-12,14H,13H2,1H3. The van der Waals surface area contributed by atoms with Gasteiger partial charge in [0.15, 0.2) is 0 Å². The summed E-state index contributed by atoms with van der Waals surface area (Å²) in [5, 5.41) is 1.09. The van der Waals surface area contributed by atoms with Crippen LogP contribution in [0.2, 0.25) is 5.02 Å². The van der Waals surface area contributed by atoms with Crippen LogP contribution in [0.5, 0.6) is 23.0 Å². The first-order valence-corrected chi connectivity index (χ1v) is 9.25. The van der Waals surface area contributed by atoms with Crippen molar-refractivity contribution < 1.29 is 18.6 Å². The van der Waals surface area contributed by atoms with Crippen LogP contribution in [0.1, 0.15) is 5.56 Å². The first-order valence-electron chi connectivity index (χ1n) is 8.87. The fourth-order valence-corrected chi connectivity index (χ4v) is 2.90. The number of methoxy groups -OCH3 is 1. The highest BCUT2D eigenvalue weighted by Crippen LogP contribution is 2.25. The Bertz CT molecular complexity index is 1180. The lowest BCUT2D eigenvalue weighted by Crippen LogP contribution is -2.05. The van der Waals surface area contributed by atoms with Gasteiger partial charge in [0.1, 0.15) is 35.7 Å². The predicted octanol–water partition coefficient (Wildman–Crippen LogP) is 5.83. The van der Waals surface area contributed by atoms with E-state index in [9.17, 15) is 4.79 Å². The van der Waals surface area contributed by atoms with Crippen LogP contribution in [0.3, 0.4) is 0 Å². The largest absolute Gasteiger partial charge is 0.497 e. The molecule has 0 radical (unpaired) electrons. The topological polar surface area (TPSA) is 57.9 Å². The van der Waals surface area contributed by atoms with Crippen molar-refractivity contribution in [3.8, 4) is 23.0 Å². The van der Waals surface area contributed by atoms with Crippen LogP contribution in [0.25, 0.3) is 11.0 Å². The van der Waals surface area contributed by atoms with Gasteiger partial charge in [-0.05, 0) is 54.1 Å². The summed E-state index contributed by atoms with van der Waals surface area (Å²) in [5.41, 5.74) is 1.15. The Balaban J connectivity index is 1.52. The number of hydrogen-bond acceptors (Lipinski definition) is 5. The van der Waals surface area contributed by atoms with E-state index in [2.05, 4.69) is 0 Å². The summed E-state index contributed by atoms with van der Waals surface area (Å²) in [4.78, 5) is 12.7. The van der Waals surface area contributed by atoms with Crippen molar-refractivity contribution in [2.24, 2.45) is 0 Å². The lowest BCUT2D eigenvalue weighted by molar-refractivity contribution is 0.306. The van der Waals surface area contributed by atoms with E-state index in [1.54, 1.807) is 49.6 Å². The summed E-state index contributed by atoms with van der Waals surface area (Å²) in [7, 11) is 1.58. The Kier molecular flexibility index (Phi) is 5.40. The highest BCUT2D eigenvalue weighted by Gasteiger charge is 2.10. The molecule has 1 heterocycles. The fourth-order valence-electron chi connectivity index (χ4n) is 2.77. The van der Waals surface area contributed by atoms with Gasteiger partial charge in [-0.15, -0.1) is 0 Å². The number of ether oxygens (including phenoxy) is 3. The summed E-state index contributed by atoms with van der Waals surface area (Å²) in [6.45, 7) is 0.381. The van der Waals surface area contributed by atoms with Gasteiger partial charge in [-0.25, -0.2) is 0 Å². The molecule has 0 aliphatic rings. The molecule has 29 heavy (non-hydrogen) atoms. The molecule has 0 aliphatic heterocycles. The first kappa shape index (κ1) is 18.9. The second kappa shape index (κ2) is 8.29. The molecule has 0 saturated carbocycles. The molecule has 3 aromatic carbocycles. The number of fused-ring (bicyclic) bond motifs is 1. The molecule has 0 N–H and O–H groups in total. The van der Waals surface area contributed by atoms with Crippen molar-refractivity contribution in [3.63, 3.8) is 0 Å². The Labute approximate surface area is 172 Å². The van der Waals surface area contributed by atoms with Gasteiger partial charge in [-0.2, -0.15) is 0 Å². The average molecular weight is 409 g/mol. The van der Waals surface area contributed by atoms with Crippen LogP contribution in [-0.2, 0) is 6.61 Å². The molecule has 0 atom stereocenters. The highest BCUT2D eigenvalue weighted by atomic mass is 35.5. The highest BCUT2D eigenvalue weighted by molar-refractivity contribution is 6.30. The molecule has 0 bridgehead atoms. The minimum absolute atomic E-state index is 0.109. The average Bonchev–Trinajstić information content (AvgIpc) is 2.76. The molecule has 1 aromatic heterocycles. The van der Waals surface area contributed by atoms with E-state index >= 15 is 0 Å². The molecule has 0 aliphatic carbocycles. The Morgan fingerprint density at radius 2 is 1.59 bits per heavy atom. The van der Waals surface area contributed by atoms with E-state index in [0.717, 1.165) is 5.56 Å². The Morgan fingerprint density at radius 3 is 2.31 bits per heavy atom. The zero-order chi connectivity index (χ0) is 20.2. The second-order valence-corrected chi connectivity index (χ2v) is 6.72. The van der Waals surface area contributed by atoms with Gasteiger partial charge in [0, 0.05) is 11.1 Å². The second-order valence-electron chi connectivity index (χ2n) is 6.28. The molecule has 4 rings (SSSR count). The summed E-state index contributed by atoms with van der Waals surface area (Å²) >= 11 is 5.89. The number of benzene rings is 3. The van der Waals surface area contributed by atoms with Crippen molar-refractivity contribution in [1.82, 2.24) is 0 Å². The van der Waals surface area contributed by atoms with Crippen LogP contribution in [0.15, 0.2) is 82.2 Å². The maximum Gasteiger partial charge on any atom is 0.235 e. The number of hydrogen-bond donors (Lipinski definition) is 0. The van der Waals surface area contributed by atoms with Crippen LogP contribution in [0, 0.1) is 0 Å². The summed E-state index contributed by atoms with van der Waals surface area (Å²) < 4.78 is 22.2. The summed E-state index contributed by atoms with van der Waals surface area (Å²) in [6, 6.07) is 19.4. The quantitative estimate of drug-likeness (QED) is 0.402. The van der Waals surface area contributed by atoms with E-state index < -0.39 is 0 Å². The smallest absolute Gasteiger partial charge is 0.235 e. The van der Waals surface area contributed by atoms with Crippen molar-refractivity contribution in [2.75, 3.05) is 7.11 Å². The van der Waals surface area contributed by atoms with Crippen molar-refractivity contribution in [1.29, 1.82) is 0 Å². The molecular formula is C23H17ClO5. The van der Waals surface area contributed by atoms with Crippen molar-refractivity contribution >= 4 is 22.6 Å². The number of halogens is 1. The molecule has 0 fully saturated rings. The van der Waals surface area contributed by atoms with E-state index in [1.165, 1.54) is 6.26 Å². The van der Waals surface area contributed by atoms with Gasteiger partial charge in [-0.3, -0.25) is 4.79 Å². The van der Waals surface area contributed by atoms with E-state index in [0.29, 0.717) is 39.8 Å². The maximum absolute atomic E-state index is 12.7. The molecule has 0 amide bonds. The zero-order valence-corrected chi connectivity index (χ0v) is 16.3. The number of rotatable bonds is 6. The van der Waals surface area contributed by atoms with Gasteiger partial charge >= 0.3 is 0 Å². The molecule has 0 spiro atoms. The van der Waals surface area contributed by atoms with Gasteiger partial charge in [0.05, 0.1) is 12.5 Å². The SMILES string of the molecule is COc1ccc(Oc2coc3cc(OCc4ccc(Cl)cc4)ccc3c2=O)cc1. The van der Waals surface area contributed by atoms with Crippen molar-refractivity contribution in [3.05, 3.63) is 93.8 Å². The van der Waals surface area contributed by atoms with Crippen LogP contribution in [-0.4, -0.2) is 7.11 Å². The van der Waals surface area contributed by atoms with Crippen molar-refractivity contribution in [2.45, 2.75) is 6.61 Å². The van der Waals surface area contributed by atoms with Crippen LogP contribution >= 0.6 is 11.6 Å². The van der Waals surface area contributed by atoms with Gasteiger partial charge < -0.3 is 18.6 Å². The molecule has 146 valence electrons. The predicted molar refractivity (Wildman–Crippen MR) is 111 cm³/mol.